The molecule has 33 heavy (non-hydrogen) atoms. The molecule has 0 aromatic heterocycles. The van der Waals surface area contributed by atoms with Gasteiger partial charge in [-0.15, -0.1) is 0 Å². The Bertz CT molecular complexity index is 946. The van der Waals surface area contributed by atoms with E-state index in [1.807, 2.05) is 55.5 Å². The van der Waals surface area contributed by atoms with Crippen LogP contribution >= 0.6 is 38.5 Å². The summed E-state index contributed by atoms with van der Waals surface area (Å²) < 4.78 is 18.8. The number of nitrogens with zero attached hydrogens (tertiary/aromatic N) is 1. The molecule has 0 N–H and O–H groups in total. The summed E-state index contributed by atoms with van der Waals surface area (Å²) in [5.74, 6) is -1.44. The van der Waals surface area contributed by atoms with Crippen molar-refractivity contribution in [3.63, 3.8) is 0 Å². The van der Waals surface area contributed by atoms with E-state index in [-0.39, 0.29) is 24.5 Å². The van der Waals surface area contributed by atoms with Crippen molar-refractivity contribution in [3.8, 4) is 0 Å². The van der Waals surface area contributed by atoms with E-state index >= 15 is 0 Å². The van der Waals surface area contributed by atoms with Gasteiger partial charge < -0.3 is 14.2 Å². The minimum Gasteiger partial charge on any atom is -0.447 e. The standard InChI is InChI=1S/C25H29BrINO5/c1-17(8-7-11-25(31-2,32-3)19-13-20(26)15-21(27)14-19)23(29)28-22(16-33-24(28)30)12-18-9-5-4-6-10-18/h4-6,9-10,13-15,17,22H,7-8,11-12,16H2,1-3H3. The summed E-state index contributed by atoms with van der Waals surface area (Å²) in [7, 11) is 3.25. The zero-order valence-corrected chi connectivity index (χ0v) is 22.8. The van der Waals surface area contributed by atoms with Gasteiger partial charge in [0.25, 0.3) is 0 Å². The Morgan fingerprint density at radius 1 is 1.24 bits per heavy atom. The molecular formula is C25H29BrINO5. The van der Waals surface area contributed by atoms with E-state index in [0.717, 1.165) is 19.2 Å². The first-order valence-electron chi connectivity index (χ1n) is 10.9. The molecule has 2 aromatic carbocycles. The summed E-state index contributed by atoms with van der Waals surface area (Å²) in [5, 5.41) is 0. The third kappa shape index (κ3) is 6.35. The highest BCUT2D eigenvalue weighted by Crippen LogP contribution is 2.35. The van der Waals surface area contributed by atoms with Gasteiger partial charge in [0.1, 0.15) is 6.61 Å². The monoisotopic (exact) mass is 629 g/mol. The second kappa shape index (κ2) is 11.8. The smallest absolute Gasteiger partial charge is 0.416 e. The van der Waals surface area contributed by atoms with Gasteiger partial charge in [-0.2, -0.15) is 0 Å². The molecule has 0 saturated carbocycles. The van der Waals surface area contributed by atoms with Gasteiger partial charge in [0.2, 0.25) is 5.91 Å². The molecule has 0 bridgehead atoms. The van der Waals surface area contributed by atoms with Gasteiger partial charge in [-0.1, -0.05) is 53.2 Å². The molecule has 8 heteroatoms. The Balaban J connectivity index is 1.64. The lowest BCUT2D eigenvalue weighted by atomic mass is 9.95. The maximum Gasteiger partial charge on any atom is 0.416 e. The van der Waals surface area contributed by atoms with Gasteiger partial charge >= 0.3 is 6.09 Å². The van der Waals surface area contributed by atoms with Crippen LogP contribution in [0.2, 0.25) is 0 Å². The molecule has 0 aliphatic carbocycles. The zero-order valence-electron chi connectivity index (χ0n) is 19.1. The number of carbonyl (C=O) groups is 2. The molecule has 1 aliphatic heterocycles. The number of ether oxygens (including phenoxy) is 3. The van der Waals surface area contributed by atoms with Crippen molar-refractivity contribution < 1.29 is 23.8 Å². The van der Waals surface area contributed by atoms with Gasteiger partial charge in [0.05, 0.1) is 6.04 Å². The molecule has 0 radical (unpaired) electrons. The zero-order chi connectivity index (χ0) is 24.0. The van der Waals surface area contributed by atoms with E-state index in [4.69, 9.17) is 14.2 Å². The predicted molar refractivity (Wildman–Crippen MR) is 138 cm³/mol. The van der Waals surface area contributed by atoms with Crippen LogP contribution in [-0.4, -0.2) is 43.8 Å². The van der Waals surface area contributed by atoms with E-state index in [9.17, 15) is 9.59 Å². The van der Waals surface area contributed by atoms with E-state index < -0.39 is 11.9 Å². The summed E-state index contributed by atoms with van der Waals surface area (Å²) in [6.45, 7) is 2.08. The summed E-state index contributed by atoms with van der Waals surface area (Å²) in [6.07, 6.45) is 1.88. The molecule has 6 nitrogen and oxygen atoms in total. The first kappa shape index (κ1) is 26.1. The average molecular weight is 630 g/mol. The predicted octanol–water partition coefficient (Wildman–Crippen LogP) is 5.90. The average Bonchev–Trinajstić information content (AvgIpc) is 3.16. The summed E-state index contributed by atoms with van der Waals surface area (Å²) in [5.41, 5.74) is 1.98. The fraction of sp³-hybridized carbons (Fsp3) is 0.440. The van der Waals surface area contributed by atoms with Gasteiger partial charge in [-0.3, -0.25) is 4.79 Å². The summed E-state index contributed by atoms with van der Waals surface area (Å²) in [4.78, 5) is 26.8. The lowest BCUT2D eigenvalue weighted by Crippen LogP contribution is -2.43. The molecule has 0 spiro atoms. The van der Waals surface area contributed by atoms with Crippen molar-refractivity contribution in [1.29, 1.82) is 0 Å². The molecule has 1 heterocycles. The second-order valence-corrected chi connectivity index (χ2v) is 10.4. The number of imide groups is 1. The van der Waals surface area contributed by atoms with Gasteiger partial charge in [0.15, 0.2) is 5.79 Å². The highest BCUT2D eigenvalue weighted by atomic mass is 127. The Morgan fingerprint density at radius 3 is 2.58 bits per heavy atom. The topological polar surface area (TPSA) is 65.1 Å². The van der Waals surface area contributed by atoms with Gasteiger partial charge in [-0.25, -0.2) is 9.69 Å². The summed E-state index contributed by atoms with van der Waals surface area (Å²) in [6, 6.07) is 15.6. The molecule has 3 rings (SSSR count). The van der Waals surface area contributed by atoms with Crippen molar-refractivity contribution in [3.05, 3.63) is 67.7 Å². The Hall–Kier alpha value is -1.49. The van der Waals surface area contributed by atoms with Crippen molar-refractivity contribution in [1.82, 2.24) is 4.90 Å². The molecule has 1 saturated heterocycles. The van der Waals surface area contributed by atoms with Crippen molar-refractivity contribution in [2.75, 3.05) is 20.8 Å². The fourth-order valence-corrected chi connectivity index (χ4v) is 5.80. The van der Waals surface area contributed by atoms with Gasteiger partial charge in [-0.05, 0) is 65.6 Å². The van der Waals surface area contributed by atoms with Crippen LogP contribution in [0.1, 0.15) is 37.3 Å². The largest absolute Gasteiger partial charge is 0.447 e. The van der Waals surface area contributed by atoms with Crippen molar-refractivity contribution in [2.45, 2.75) is 44.4 Å². The van der Waals surface area contributed by atoms with Crippen LogP contribution in [0.3, 0.4) is 0 Å². The first-order valence-corrected chi connectivity index (χ1v) is 12.8. The SMILES string of the molecule is COC(CCCC(C)C(=O)N1C(=O)OCC1Cc1ccccc1)(OC)c1cc(Br)cc(I)c1. The number of cyclic esters (lactones) is 1. The van der Waals surface area contributed by atoms with Crippen LogP contribution in [0.15, 0.2) is 53.0 Å². The Kier molecular flexibility index (Phi) is 9.32. The number of hydrogen-bond acceptors (Lipinski definition) is 5. The number of methoxy groups -OCH3 is 2. The number of benzene rings is 2. The number of rotatable bonds is 10. The van der Waals surface area contributed by atoms with E-state index in [1.165, 1.54) is 4.90 Å². The van der Waals surface area contributed by atoms with Crippen molar-refractivity contribution >= 4 is 50.5 Å². The number of halogens is 2. The maximum atomic E-state index is 13.2. The fourth-order valence-electron chi connectivity index (χ4n) is 4.21. The Morgan fingerprint density at radius 2 is 1.94 bits per heavy atom. The minimum absolute atomic E-state index is 0.198. The van der Waals surface area contributed by atoms with Crippen LogP contribution in [0.25, 0.3) is 0 Å². The number of hydrogen-bond donors (Lipinski definition) is 0. The van der Waals surface area contributed by atoms with Gasteiger partial charge in [0, 0.05) is 40.2 Å². The third-order valence-electron chi connectivity index (χ3n) is 6.04. The molecule has 178 valence electrons. The number of carbonyl (C=O) groups excluding carboxylic acids is 2. The Labute approximate surface area is 217 Å². The van der Waals surface area contributed by atoms with E-state index in [1.54, 1.807) is 14.2 Å². The van der Waals surface area contributed by atoms with Crippen LogP contribution in [0.4, 0.5) is 4.79 Å². The maximum absolute atomic E-state index is 13.2. The van der Waals surface area contributed by atoms with Crippen molar-refractivity contribution in [2.24, 2.45) is 5.92 Å². The highest BCUT2D eigenvalue weighted by molar-refractivity contribution is 14.1. The van der Waals surface area contributed by atoms with E-state index in [2.05, 4.69) is 38.5 Å². The normalized spacial score (nSPS) is 17.2. The third-order valence-corrected chi connectivity index (χ3v) is 7.12. The molecule has 2 aromatic rings. The quantitative estimate of drug-likeness (QED) is 0.242. The van der Waals surface area contributed by atoms with Crippen LogP contribution in [0.5, 0.6) is 0 Å². The second-order valence-electron chi connectivity index (χ2n) is 8.24. The molecule has 2 unspecified atom stereocenters. The summed E-state index contributed by atoms with van der Waals surface area (Å²) >= 11 is 5.80. The minimum atomic E-state index is -0.908. The van der Waals surface area contributed by atoms with Crippen LogP contribution in [-0.2, 0) is 31.2 Å². The van der Waals surface area contributed by atoms with Crippen LogP contribution < -0.4 is 0 Å². The number of amides is 2. The molecular weight excluding hydrogens is 601 g/mol. The van der Waals surface area contributed by atoms with E-state index in [0.29, 0.717) is 25.7 Å². The lowest BCUT2D eigenvalue weighted by molar-refractivity contribution is -0.221. The first-order chi connectivity index (χ1) is 15.8. The molecule has 2 atom stereocenters. The molecule has 1 aliphatic rings. The molecule has 1 fully saturated rings. The van der Waals surface area contributed by atoms with Crippen LogP contribution in [0, 0.1) is 9.49 Å². The highest BCUT2D eigenvalue weighted by Gasteiger charge is 2.40. The lowest BCUT2D eigenvalue weighted by Gasteiger charge is -2.32. The molecule has 2 amide bonds.